The first-order valence-electron chi connectivity index (χ1n) is 6.19. The number of benzene rings is 1. The van der Waals surface area contributed by atoms with Crippen LogP contribution in [0.2, 0.25) is 0 Å². The zero-order valence-electron chi connectivity index (χ0n) is 10.4. The summed E-state index contributed by atoms with van der Waals surface area (Å²) in [7, 11) is 0. The predicted octanol–water partition coefficient (Wildman–Crippen LogP) is 2.61. The number of rotatable bonds is 3. The molecule has 1 aliphatic rings. The lowest BCUT2D eigenvalue weighted by Gasteiger charge is -2.08. The molecule has 1 aromatic carbocycles. The van der Waals surface area contributed by atoms with E-state index in [4.69, 9.17) is 5.73 Å². The smallest absolute Gasteiger partial charge is 0.161 e. The molecule has 3 N–H and O–H groups in total. The molecule has 0 bridgehead atoms. The topological polar surface area (TPSA) is 63.8 Å². The Kier molecular flexibility index (Phi) is 2.63. The van der Waals surface area contributed by atoms with Gasteiger partial charge in [-0.1, -0.05) is 12.1 Å². The van der Waals surface area contributed by atoms with Gasteiger partial charge in [-0.2, -0.15) is 0 Å². The van der Waals surface area contributed by atoms with Gasteiger partial charge in [0.05, 0.1) is 0 Å². The summed E-state index contributed by atoms with van der Waals surface area (Å²) in [5.74, 6) is 1.63. The highest BCUT2D eigenvalue weighted by molar-refractivity contribution is 5.62. The third-order valence-electron chi connectivity index (χ3n) is 2.93. The Balaban J connectivity index is 1.97. The van der Waals surface area contributed by atoms with E-state index in [9.17, 15) is 0 Å². The summed E-state index contributed by atoms with van der Waals surface area (Å²) < 4.78 is 0. The number of hydrogen-bond donors (Lipinski definition) is 2. The maximum Gasteiger partial charge on any atom is 0.161 e. The van der Waals surface area contributed by atoms with Crippen LogP contribution in [-0.4, -0.2) is 16.0 Å². The highest BCUT2D eigenvalue weighted by atomic mass is 15.1. The summed E-state index contributed by atoms with van der Waals surface area (Å²) in [6.07, 6.45) is 2.47. The van der Waals surface area contributed by atoms with Crippen molar-refractivity contribution in [3.63, 3.8) is 0 Å². The molecule has 3 rings (SSSR count). The largest absolute Gasteiger partial charge is 0.399 e. The summed E-state index contributed by atoms with van der Waals surface area (Å²) in [4.78, 5) is 9.01. The number of nitrogen functional groups attached to an aromatic ring is 1. The number of nitrogens with zero attached hydrogens (tertiary/aromatic N) is 2. The van der Waals surface area contributed by atoms with Gasteiger partial charge in [-0.3, -0.25) is 0 Å². The van der Waals surface area contributed by atoms with Crippen LogP contribution in [0.1, 0.15) is 18.5 Å². The van der Waals surface area contributed by atoms with Crippen LogP contribution in [-0.2, 0) is 0 Å². The van der Waals surface area contributed by atoms with Crippen LogP contribution in [0.4, 0.5) is 11.5 Å². The summed E-state index contributed by atoms with van der Waals surface area (Å²) in [6.45, 7) is 1.98. The quantitative estimate of drug-likeness (QED) is 0.809. The molecule has 0 aliphatic heterocycles. The maximum atomic E-state index is 5.79. The van der Waals surface area contributed by atoms with Crippen molar-refractivity contribution in [1.82, 2.24) is 9.97 Å². The van der Waals surface area contributed by atoms with Crippen molar-refractivity contribution in [2.24, 2.45) is 0 Å². The zero-order valence-corrected chi connectivity index (χ0v) is 10.4. The lowest BCUT2D eigenvalue weighted by atomic mass is 10.2. The second-order valence-corrected chi connectivity index (χ2v) is 4.76. The van der Waals surface area contributed by atoms with E-state index in [0.717, 1.165) is 28.6 Å². The molecule has 4 heteroatoms. The van der Waals surface area contributed by atoms with Gasteiger partial charge in [0.2, 0.25) is 0 Å². The van der Waals surface area contributed by atoms with Gasteiger partial charge < -0.3 is 11.1 Å². The van der Waals surface area contributed by atoms with E-state index in [-0.39, 0.29) is 0 Å². The van der Waals surface area contributed by atoms with Crippen LogP contribution in [0.3, 0.4) is 0 Å². The third kappa shape index (κ3) is 2.42. The Bertz CT molecular complexity index is 576. The summed E-state index contributed by atoms with van der Waals surface area (Å²) >= 11 is 0. The van der Waals surface area contributed by atoms with E-state index < -0.39 is 0 Å². The van der Waals surface area contributed by atoms with Crippen molar-refractivity contribution in [3.05, 3.63) is 36.0 Å². The fraction of sp³-hybridized carbons (Fsp3) is 0.286. The Labute approximate surface area is 106 Å². The van der Waals surface area contributed by atoms with Crippen molar-refractivity contribution >= 4 is 11.5 Å². The zero-order chi connectivity index (χ0) is 12.5. The van der Waals surface area contributed by atoms with E-state index in [0.29, 0.717) is 6.04 Å². The lowest BCUT2D eigenvalue weighted by Crippen LogP contribution is -2.05. The fourth-order valence-electron chi connectivity index (χ4n) is 1.89. The minimum atomic E-state index is 0.591. The van der Waals surface area contributed by atoms with Gasteiger partial charge in [0.15, 0.2) is 5.82 Å². The molecule has 1 fully saturated rings. The molecule has 0 unspecified atom stereocenters. The lowest BCUT2D eigenvalue weighted by molar-refractivity contribution is 1.06. The van der Waals surface area contributed by atoms with E-state index in [1.54, 1.807) is 0 Å². The number of nitrogens with two attached hydrogens (primary N) is 1. The number of anilines is 2. The van der Waals surface area contributed by atoms with Crippen LogP contribution in [0.5, 0.6) is 0 Å². The molecule has 4 nitrogen and oxygen atoms in total. The van der Waals surface area contributed by atoms with Crippen molar-refractivity contribution in [1.29, 1.82) is 0 Å². The first-order chi connectivity index (χ1) is 8.70. The molecule has 0 radical (unpaired) electrons. The third-order valence-corrected chi connectivity index (χ3v) is 2.93. The number of hydrogen-bond acceptors (Lipinski definition) is 4. The Hall–Kier alpha value is -2.10. The molecule has 1 aromatic heterocycles. The molecule has 0 spiro atoms. The SMILES string of the molecule is Cc1cc(NC2CC2)nc(-c2cccc(N)c2)n1. The van der Waals surface area contributed by atoms with Crippen molar-refractivity contribution in [2.75, 3.05) is 11.1 Å². The van der Waals surface area contributed by atoms with Gasteiger partial charge in [-0.25, -0.2) is 9.97 Å². The average molecular weight is 240 g/mol. The molecule has 0 saturated heterocycles. The molecule has 1 heterocycles. The molecular weight excluding hydrogens is 224 g/mol. The summed E-state index contributed by atoms with van der Waals surface area (Å²) in [5, 5.41) is 3.40. The van der Waals surface area contributed by atoms with Gasteiger partial charge in [0.25, 0.3) is 0 Å². The van der Waals surface area contributed by atoms with Crippen molar-refractivity contribution in [2.45, 2.75) is 25.8 Å². The van der Waals surface area contributed by atoms with Gasteiger partial charge >= 0.3 is 0 Å². The highest BCUT2D eigenvalue weighted by Crippen LogP contribution is 2.25. The maximum absolute atomic E-state index is 5.79. The fourth-order valence-corrected chi connectivity index (χ4v) is 1.89. The molecular formula is C14H16N4. The highest BCUT2D eigenvalue weighted by Gasteiger charge is 2.21. The van der Waals surface area contributed by atoms with Crippen LogP contribution in [0.25, 0.3) is 11.4 Å². The van der Waals surface area contributed by atoms with Crippen molar-refractivity contribution < 1.29 is 0 Å². The minimum Gasteiger partial charge on any atom is -0.399 e. The molecule has 2 aromatic rings. The van der Waals surface area contributed by atoms with Crippen LogP contribution >= 0.6 is 0 Å². The number of aromatic nitrogens is 2. The van der Waals surface area contributed by atoms with Crippen LogP contribution in [0, 0.1) is 6.92 Å². The molecule has 0 atom stereocenters. The van der Waals surface area contributed by atoms with Crippen LogP contribution < -0.4 is 11.1 Å². The van der Waals surface area contributed by atoms with E-state index in [1.807, 2.05) is 37.3 Å². The van der Waals surface area contributed by atoms with Crippen LogP contribution in [0.15, 0.2) is 30.3 Å². The van der Waals surface area contributed by atoms with Gasteiger partial charge in [0.1, 0.15) is 5.82 Å². The standard InChI is InChI=1S/C14H16N4/c1-9-7-13(17-12-5-6-12)18-14(16-9)10-3-2-4-11(15)8-10/h2-4,7-8,12H,5-6,15H2,1H3,(H,16,17,18). The average Bonchev–Trinajstić information content (AvgIpc) is 3.12. The first kappa shape index (κ1) is 11.0. The summed E-state index contributed by atoms with van der Waals surface area (Å²) in [5.41, 5.74) is 8.44. The predicted molar refractivity (Wildman–Crippen MR) is 73.3 cm³/mol. The molecule has 1 aliphatic carbocycles. The van der Waals surface area contributed by atoms with Gasteiger partial charge in [0, 0.05) is 29.1 Å². The molecule has 1 saturated carbocycles. The van der Waals surface area contributed by atoms with E-state index in [1.165, 1.54) is 12.8 Å². The monoisotopic (exact) mass is 240 g/mol. The first-order valence-corrected chi connectivity index (χ1v) is 6.19. The van der Waals surface area contributed by atoms with E-state index >= 15 is 0 Å². The second kappa shape index (κ2) is 4.29. The number of aryl methyl sites for hydroxylation is 1. The van der Waals surface area contributed by atoms with Gasteiger partial charge in [-0.05, 0) is 31.9 Å². The minimum absolute atomic E-state index is 0.591. The molecule has 0 amide bonds. The normalized spacial score (nSPS) is 14.5. The Morgan fingerprint density at radius 3 is 2.78 bits per heavy atom. The summed E-state index contributed by atoms with van der Waals surface area (Å²) in [6, 6.07) is 10.2. The number of nitrogens with one attached hydrogen (secondary N) is 1. The van der Waals surface area contributed by atoms with Crippen molar-refractivity contribution in [3.8, 4) is 11.4 Å². The molecule has 92 valence electrons. The second-order valence-electron chi connectivity index (χ2n) is 4.76. The Morgan fingerprint density at radius 2 is 2.06 bits per heavy atom. The molecule has 18 heavy (non-hydrogen) atoms. The Morgan fingerprint density at radius 1 is 1.22 bits per heavy atom. The van der Waals surface area contributed by atoms with E-state index in [2.05, 4.69) is 15.3 Å². The van der Waals surface area contributed by atoms with Gasteiger partial charge in [-0.15, -0.1) is 0 Å².